The third-order valence-corrected chi connectivity index (χ3v) is 5.95. The highest BCUT2D eigenvalue weighted by molar-refractivity contribution is 6.10. The average molecular weight is 407 g/mol. The SMILES string of the molecule is C[C@@H]1CCC[NH+](CC(=O)NN2C(=O)NC(c3ccccc3)(c3ccccc3)C2=O)C1. The van der Waals surface area contributed by atoms with Crippen LogP contribution in [0, 0.1) is 5.92 Å². The summed E-state index contributed by atoms with van der Waals surface area (Å²) in [6, 6.07) is 17.6. The van der Waals surface area contributed by atoms with Crippen LogP contribution >= 0.6 is 0 Å². The average Bonchev–Trinajstić information content (AvgIpc) is 3.00. The first-order valence-corrected chi connectivity index (χ1v) is 10.4. The number of carbonyl (C=O) groups is 3. The van der Waals surface area contributed by atoms with E-state index in [1.807, 2.05) is 36.4 Å². The number of amides is 4. The predicted octanol–water partition coefficient (Wildman–Crippen LogP) is 0.828. The van der Waals surface area contributed by atoms with Gasteiger partial charge in [-0.2, -0.15) is 5.01 Å². The lowest BCUT2D eigenvalue weighted by molar-refractivity contribution is -0.900. The molecule has 4 rings (SSSR count). The lowest BCUT2D eigenvalue weighted by atomic mass is 9.83. The third kappa shape index (κ3) is 3.68. The molecule has 2 fully saturated rings. The molecule has 7 heteroatoms. The van der Waals surface area contributed by atoms with Crippen LogP contribution in [-0.2, 0) is 15.1 Å². The number of quaternary nitrogens is 1. The van der Waals surface area contributed by atoms with Crippen molar-refractivity contribution in [3.63, 3.8) is 0 Å². The van der Waals surface area contributed by atoms with Crippen molar-refractivity contribution in [1.29, 1.82) is 0 Å². The largest absolute Gasteiger partial charge is 0.344 e. The molecule has 2 saturated heterocycles. The van der Waals surface area contributed by atoms with Gasteiger partial charge in [-0.05, 0) is 24.0 Å². The van der Waals surface area contributed by atoms with Crippen molar-refractivity contribution in [2.45, 2.75) is 25.3 Å². The third-order valence-electron chi connectivity index (χ3n) is 5.95. The van der Waals surface area contributed by atoms with Crippen molar-refractivity contribution in [3.8, 4) is 0 Å². The highest BCUT2D eigenvalue weighted by Crippen LogP contribution is 2.35. The number of nitrogens with one attached hydrogen (secondary N) is 3. The summed E-state index contributed by atoms with van der Waals surface area (Å²) in [4.78, 5) is 40.2. The van der Waals surface area contributed by atoms with E-state index in [1.165, 1.54) is 11.3 Å². The fourth-order valence-corrected chi connectivity index (χ4v) is 4.51. The van der Waals surface area contributed by atoms with Crippen LogP contribution in [0.5, 0.6) is 0 Å². The van der Waals surface area contributed by atoms with Gasteiger partial charge in [0.25, 0.3) is 11.8 Å². The molecular formula is C23H27N4O3+. The Hall–Kier alpha value is -3.19. The molecule has 0 radical (unpaired) electrons. The van der Waals surface area contributed by atoms with E-state index in [4.69, 9.17) is 0 Å². The zero-order valence-electron chi connectivity index (χ0n) is 17.1. The Morgan fingerprint density at radius 3 is 2.27 bits per heavy atom. The standard InChI is InChI=1S/C23H26N4O3/c1-17-9-8-14-26(15-17)16-20(28)25-27-21(29)23(24-22(27)30,18-10-4-2-5-11-18)19-12-6-3-7-13-19/h2-7,10-13,17H,8-9,14-16H2,1H3,(H,24,30)(H,25,28)/p+1/t17-/m1/s1. The lowest BCUT2D eigenvalue weighted by Gasteiger charge is -2.28. The normalized spacial score (nSPS) is 23.2. The molecule has 7 nitrogen and oxygen atoms in total. The number of urea groups is 1. The molecule has 30 heavy (non-hydrogen) atoms. The van der Waals surface area contributed by atoms with Gasteiger partial charge in [-0.25, -0.2) is 4.79 Å². The van der Waals surface area contributed by atoms with Gasteiger partial charge in [0.15, 0.2) is 12.1 Å². The first kappa shape index (κ1) is 20.1. The Morgan fingerprint density at radius 1 is 1.10 bits per heavy atom. The Kier molecular flexibility index (Phi) is 5.55. The van der Waals surface area contributed by atoms with Gasteiger partial charge in [0.05, 0.1) is 13.1 Å². The maximum atomic E-state index is 13.5. The van der Waals surface area contributed by atoms with Gasteiger partial charge >= 0.3 is 6.03 Å². The summed E-state index contributed by atoms with van der Waals surface area (Å²) in [5.74, 6) is -0.276. The van der Waals surface area contributed by atoms with E-state index < -0.39 is 17.5 Å². The number of likely N-dealkylation sites (tertiary alicyclic amines) is 1. The van der Waals surface area contributed by atoms with E-state index in [0.717, 1.165) is 24.5 Å². The van der Waals surface area contributed by atoms with Gasteiger partial charge in [0, 0.05) is 5.92 Å². The Morgan fingerprint density at radius 2 is 1.70 bits per heavy atom. The number of benzene rings is 2. The second-order valence-corrected chi connectivity index (χ2v) is 8.22. The molecule has 2 aliphatic rings. The zero-order chi connectivity index (χ0) is 21.1. The van der Waals surface area contributed by atoms with Crippen LogP contribution in [0.25, 0.3) is 0 Å². The molecule has 2 aromatic rings. The fourth-order valence-electron chi connectivity index (χ4n) is 4.51. The van der Waals surface area contributed by atoms with Gasteiger partial charge in [-0.1, -0.05) is 67.6 Å². The number of piperidine rings is 1. The van der Waals surface area contributed by atoms with Crippen LogP contribution < -0.4 is 15.6 Å². The van der Waals surface area contributed by atoms with E-state index in [1.54, 1.807) is 24.3 Å². The summed E-state index contributed by atoms with van der Waals surface area (Å²) in [6.07, 6.45) is 2.26. The van der Waals surface area contributed by atoms with Gasteiger partial charge in [-0.15, -0.1) is 0 Å². The van der Waals surface area contributed by atoms with Crippen molar-refractivity contribution in [2.75, 3.05) is 19.6 Å². The van der Waals surface area contributed by atoms with Gasteiger partial charge in [-0.3, -0.25) is 15.0 Å². The van der Waals surface area contributed by atoms with Crippen molar-refractivity contribution in [1.82, 2.24) is 15.8 Å². The van der Waals surface area contributed by atoms with Crippen molar-refractivity contribution in [2.24, 2.45) is 5.92 Å². The molecule has 0 aliphatic carbocycles. The Labute approximate surface area is 176 Å². The lowest BCUT2D eigenvalue weighted by Crippen LogP contribution is -3.14. The van der Waals surface area contributed by atoms with Crippen molar-refractivity contribution >= 4 is 17.8 Å². The number of hydrogen-bond donors (Lipinski definition) is 3. The van der Waals surface area contributed by atoms with Crippen LogP contribution in [0.1, 0.15) is 30.9 Å². The molecule has 156 valence electrons. The van der Waals surface area contributed by atoms with E-state index >= 15 is 0 Å². The van der Waals surface area contributed by atoms with Gasteiger partial charge in [0.1, 0.15) is 0 Å². The summed E-state index contributed by atoms with van der Waals surface area (Å²) in [7, 11) is 0. The number of imide groups is 1. The van der Waals surface area contributed by atoms with E-state index in [0.29, 0.717) is 17.0 Å². The number of hydrazine groups is 1. The summed E-state index contributed by atoms with van der Waals surface area (Å²) in [6.45, 7) is 4.27. The number of carbonyl (C=O) groups excluding carboxylic acids is 3. The summed E-state index contributed by atoms with van der Waals surface area (Å²) in [5, 5.41) is 3.66. The topological polar surface area (TPSA) is 82.9 Å². The van der Waals surface area contributed by atoms with Crippen LogP contribution in [-0.4, -0.2) is 42.5 Å². The minimum Gasteiger partial charge on any atom is -0.327 e. The molecule has 2 atom stereocenters. The molecular weight excluding hydrogens is 380 g/mol. The van der Waals surface area contributed by atoms with Gasteiger partial charge < -0.3 is 10.2 Å². The molecule has 0 saturated carbocycles. The second-order valence-electron chi connectivity index (χ2n) is 8.22. The first-order chi connectivity index (χ1) is 14.5. The molecule has 0 bridgehead atoms. The van der Waals surface area contributed by atoms with Crippen LogP contribution in [0.4, 0.5) is 4.79 Å². The van der Waals surface area contributed by atoms with E-state index in [-0.39, 0.29) is 12.5 Å². The molecule has 0 aromatic heterocycles. The van der Waals surface area contributed by atoms with Crippen LogP contribution in [0.15, 0.2) is 60.7 Å². The van der Waals surface area contributed by atoms with E-state index in [2.05, 4.69) is 17.7 Å². The summed E-state index contributed by atoms with van der Waals surface area (Å²) < 4.78 is 0. The highest BCUT2D eigenvalue weighted by atomic mass is 16.2. The monoisotopic (exact) mass is 407 g/mol. The van der Waals surface area contributed by atoms with Crippen molar-refractivity contribution in [3.05, 3.63) is 71.8 Å². The van der Waals surface area contributed by atoms with Gasteiger partial charge in [0.2, 0.25) is 0 Å². The summed E-state index contributed by atoms with van der Waals surface area (Å²) >= 11 is 0. The van der Waals surface area contributed by atoms with E-state index in [9.17, 15) is 14.4 Å². The quantitative estimate of drug-likeness (QED) is 0.642. The first-order valence-electron chi connectivity index (χ1n) is 10.4. The van der Waals surface area contributed by atoms with Crippen molar-refractivity contribution < 1.29 is 19.3 Å². The predicted molar refractivity (Wildman–Crippen MR) is 111 cm³/mol. The van der Waals surface area contributed by atoms with Crippen LogP contribution in [0.3, 0.4) is 0 Å². The number of nitrogens with zero attached hydrogens (tertiary/aromatic N) is 1. The second kappa shape index (κ2) is 8.28. The number of hydrogen-bond acceptors (Lipinski definition) is 3. The minimum atomic E-state index is -1.38. The number of rotatable bonds is 5. The maximum absolute atomic E-state index is 13.5. The Balaban J connectivity index is 1.59. The molecule has 0 spiro atoms. The molecule has 2 heterocycles. The highest BCUT2D eigenvalue weighted by Gasteiger charge is 2.54. The zero-order valence-corrected chi connectivity index (χ0v) is 17.1. The fraction of sp³-hybridized carbons (Fsp3) is 0.348. The summed E-state index contributed by atoms with van der Waals surface area (Å²) in [5.41, 5.74) is 2.45. The molecule has 2 aliphatic heterocycles. The smallest absolute Gasteiger partial charge is 0.327 e. The maximum Gasteiger partial charge on any atom is 0.344 e. The van der Waals surface area contributed by atoms with Crippen LogP contribution in [0.2, 0.25) is 0 Å². The minimum absolute atomic E-state index is 0.241. The molecule has 3 N–H and O–H groups in total. The molecule has 2 aromatic carbocycles. The molecule has 4 amide bonds. The Bertz CT molecular complexity index is 892. The molecule has 1 unspecified atom stereocenters.